The van der Waals surface area contributed by atoms with E-state index in [0.717, 1.165) is 24.2 Å². The van der Waals surface area contributed by atoms with Crippen LogP contribution in [0.1, 0.15) is 21.5 Å². The molecule has 2 rings (SSSR count). The minimum absolute atomic E-state index is 0.307. The lowest BCUT2D eigenvalue weighted by molar-refractivity contribution is 0.0600. The van der Waals surface area contributed by atoms with E-state index in [2.05, 4.69) is 9.64 Å². The van der Waals surface area contributed by atoms with Gasteiger partial charge in [-0.2, -0.15) is 0 Å². The van der Waals surface area contributed by atoms with Gasteiger partial charge in [0.15, 0.2) is 0 Å². The van der Waals surface area contributed by atoms with Crippen molar-refractivity contribution >= 4 is 5.97 Å². The molecule has 0 aliphatic rings. The lowest BCUT2D eigenvalue weighted by atomic mass is 10.1. The zero-order valence-corrected chi connectivity index (χ0v) is 11.1. The number of benzene rings is 1. The van der Waals surface area contributed by atoms with Gasteiger partial charge in [0.1, 0.15) is 0 Å². The Bertz CT molecular complexity index is 517. The first-order valence-corrected chi connectivity index (χ1v) is 6.06. The van der Waals surface area contributed by atoms with Crippen molar-refractivity contribution in [1.29, 1.82) is 0 Å². The van der Waals surface area contributed by atoms with E-state index in [4.69, 9.17) is 4.42 Å². The number of esters is 1. The molecule has 1 aromatic carbocycles. The van der Waals surface area contributed by atoms with Crippen LogP contribution in [0.4, 0.5) is 0 Å². The number of furan rings is 1. The molecule has 0 saturated carbocycles. The number of carbonyl (C=O) groups is 1. The summed E-state index contributed by atoms with van der Waals surface area (Å²) in [4.78, 5) is 13.5. The van der Waals surface area contributed by atoms with Crippen LogP contribution in [0.2, 0.25) is 0 Å². The third kappa shape index (κ3) is 3.69. The van der Waals surface area contributed by atoms with E-state index in [1.165, 1.54) is 7.11 Å². The van der Waals surface area contributed by atoms with Crippen LogP contribution in [0.15, 0.2) is 47.3 Å². The molecule has 2 aromatic rings. The number of ether oxygens (including phenoxy) is 1. The number of hydrogen-bond acceptors (Lipinski definition) is 4. The molecule has 0 atom stereocenters. The van der Waals surface area contributed by atoms with Gasteiger partial charge in [-0.3, -0.25) is 4.90 Å². The van der Waals surface area contributed by atoms with Gasteiger partial charge in [0.2, 0.25) is 0 Å². The predicted octanol–water partition coefficient (Wildman–Crippen LogP) is 2.70. The highest BCUT2D eigenvalue weighted by atomic mass is 16.5. The van der Waals surface area contributed by atoms with Crippen molar-refractivity contribution in [2.75, 3.05) is 14.2 Å². The molecule has 1 aromatic heterocycles. The topological polar surface area (TPSA) is 42.7 Å². The van der Waals surface area contributed by atoms with Gasteiger partial charge in [-0.25, -0.2) is 4.79 Å². The molecule has 0 aliphatic carbocycles. The van der Waals surface area contributed by atoms with Crippen LogP contribution in [0.25, 0.3) is 0 Å². The normalized spacial score (nSPS) is 10.7. The molecule has 0 radical (unpaired) electrons. The summed E-state index contributed by atoms with van der Waals surface area (Å²) in [6, 6.07) is 9.41. The van der Waals surface area contributed by atoms with E-state index in [1.54, 1.807) is 24.7 Å². The van der Waals surface area contributed by atoms with Gasteiger partial charge in [-0.05, 0) is 30.8 Å². The molecular formula is C15H17NO3. The Morgan fingerprint density at radius 3 is 2.42 bits per heavy atom. The van der Waals surface area contributed by atoms with Crippen LogP contribution in [0.3, 0.4) is 0 Å². The molecule has 0 amide bonds. The Morgan fingerprint density at radius 2 is 1.84 bits per heavy atom. The van der Waals surface area contributed by atoms with Crippen LogP contribution in [-0.2, 0) is 17.8 Å². The van der Waals surface area contributed by atoms with Crippen molar-refractivity contribution in [1.82, 2.24) is 4.90 Å². The van der Waals surface area contributed by atoms with Crippen LogP contribution in [-0.4, -0.2) is 25.0 Å². The van der Waals surface area contributed by atoms with Gasteiger partial charge in [0.25, 0.3) is 0 Å². The van der Waals surface area contributed by atoms with Crippen molar-refractivity contribution in [2.24, 2.45) is 0 Å². The quantitative estimate of drug-likeness (QED) is 0.774. The lowest BCUT2D eigenvalue weighted by Crippen LogP contribution is -2.16. The maximum absolute atomic E-state index is 11.3. The van der Waals surface area contributed by atoms with Gasteiger partial charge in [0.05, 0.1) is 25.2 Å². The van der Waals surface area contributed by atoms with Crippen LogP contribution in [0.5, 0.6) is 0 Å². The minimum Gasteiger partial charge on any atom is -0.472 e. The maximum atomic E-state index is 11.3. The average molecular weight is 259 g/mol. The number of hydrogen-bond donors (Lipinski definition) is 0. The number of carbonyl (C=O) groups excluding carboxylic acids is 1. The summed E-state index contributed by atoms with van der Waals surface area (Å²) < 4.78 is 9.71. The molecule has 0 saturated heterocycles. The third-order valence-electron chi connectivity index (χ3n) is 2.86. The number of methoxy groups -OCH3 is 1. The standard InChI is InChI=1S/C15H17NO3/c1-16(10-13-7-8-19-11-13)9-12-3-5-14(6-4-12)15(17)18-2/h3-8,11H,9-10H2,1-2H3. The van der Waals surface area contributed by atoms with E-state index >= 15 is 0 Å². The lowest BCUT2D eigenvalue weighted by Gasteiger charge is -2.15. The Kier molecular flexibility index (Phi) is 4.36. The molecule has 4 nitrogen and oxygen atoms in total. The van der Waals surface area contributed by atoms with E-state index < -0.39 is 0 Å². The predicted molar refractivity (Wildman–Crippen MR) is 71.7 cm³/mol. The Balaban J connectivity index is 1.93. The first kappa shape index (κ1) is 13.4. The van der Waals surface area contributed by atoms with Crippen LogP contribution < -0.4 is 0 Å². The first-order valence-electron chi connectivity index (χ1n) is 6.06. The second-order valence-corrected chi connectivity index (χ2v) is 4.49. The third-order valence-corrected chi connectivity index (χ3v) is 2.86. The number of nitrogens with zero attached hydrogens (tertiary/aromatic N) is 1. The Morgan fingerprint density at radius 1 is 1.16 bits per heavy atom. The average Bonchev–Trinajstić information content (AvgIpc) is 2.91. The number of rotatable bonds is 5. The second kappa shape index (κ2) is 6.20. The highest BCUT2D eigenvalue weighted by molar-refractivity contribution is 5.89. The molecular weight excluding hydrogens is 242 g/mol. The Hall–Kier alpha value is -2.07. The molecule has 0 aliphatic heterocycles. The molecule has 0 N–H and O–H groups in total. The molecule has 19 heavy (non-hydrogen) atoms. The maximum Gasteiger partial charge on any atom is 0.337 e. The van der Waals surface area contributed by atoms with Gasteiger partial charge < -0.3 is 9.15 Å². The summed E-state index contributed by atoms with van der Waals surface area (Å²) in [6.07, 6.45) is 3.42. The van der Waals surface area contributed by atoms with Gasteiger partial charge >= 0.3 is 5.97 Å². The summed E-state index contributed by atoms with van der Waals surface area (Å²) in [6.45, 7) is 1.64. The molecule has 0 spiro atoms. The van der Waals surface area contributed by atoms with E-state index in [-0.39, 0.29) is 5.97 Å². The molecule has 1 heterocycles. The molecule has 0 bridgehead atoms. The fourth-order valence-electron chi connectivity index (χ4n) is 1.93. The Labute approximate surface area is 112 Å². The van der Waals surface area contributed by atoms with E-state index in [9.17, 15) is 4.79 Å². The molecule has 0 unspecified atom stereocenters. The zero-order valence-electron chi connectivity index (χ0n) is 11.1. The summed E-state index contributed by atoms with van der Waals surface area (Å²) in [5.74, 6) is -0.307. The molecule has 0 fully saturated rings. The zero-order chi connectivity index (χ0) is 13.7. The highest BCUT2D eigenvalue weighted by Crippen LogP contribution is 2.10. The summed E-state index contributed by atoms with van der Waals surface area (Å²) in [5.41, 5.74) is 2.87. The SMILES string of the molecule is COC(=O)c1ccc(CN(C)Cc2ccoc2)cc1. The van der Waals surface area contributed by atoms with Gasteiger partial charge in [-0.15, -0.1) is 0 Å². The fraction of sp³-hybridized carbons (Fsp3) is 0.267. The molecule has 100 valence electrons. The van der Waals surface area contributed by atoms with E-state index in [1.807, 2.05) is 25.2 Å². The van der Waals surface area contributed by atoms with E-state index in [0.29, 0.717) is 5.56 Å². The van der Waals surface area contributed by atoms with Crippen molar-refractivity contribution in [3.63, 3.8) is 0 Å². The summed E-state index contributed by atoms with van der Waals surface area (Å²) in [5, 5.41) is 0. The van der Waals surface area contributed by atoms with Crippen molar-refractivity contribution < 1.29 is 13.9 Å². The first-order chi connectivity index (χ1) is 9.19. The summed E-state index contributed by atoms with van der Waals surface area (Å²) >= 11 is 0. The van der Waals surface area contributed by atoms with Crippen LogP contribution in [0, 0.1) is 0 Å². The van der Waals surface area contributed by atoms with Crippen LogP contribution >= 0.6 is 0 Å². The van der Waals surface area contributed by atoms with Crippen molar-refractivity contribution in [3.05, 3.63) is 59.5 Å². The second-order valence-electron chi connectivity index (χ2n) is 4.49. The molecule has 4 heteroatoms. The largest absolute Gasteiger partial charge is 0.472 e. The van der Waals surface area contributed by atoms with Gasteiger partial charge in [0, 0.05) is 18.7 Å². The monoisotopic (exact) mass is 259 g/mol. The fourth-order valence-corrected chi connectivity index (χ4v) is 1.93. The van der Waals surface area contributed by atoms with Gasteiger partial charge in [-0.1, -0.05) is 12.1 Å². The smallest absolute Gasteiger partial charge is 0.337 e. The van der Waals surface area contributed by atoms with Crippen molar-refractivity contribution in [3.8, 4) is 0 Å². The highest BCUT2D eigenvalue weighted by Gasteiger charge is 2.06. The summed E-state index contributed by atoms with van der Waals surface area (Å²) in [7, 11) is 3.43. The van der Waals surface area contributed by atoms with Crippen molar-refractivity contribution in [2.45, 2.75) is 13.1 Å². The minimum atomic E-state index is -0.307.